The highest BCUT2D eigenvalue weighted by Gasteiger charge is 2.45. The van der Waals surface area contributed by atoms with Crippen LogP contribution < -0.4 is 11.1 Å². The molecule has 1 saturated carbocycles. The molecule has 0 radical (unpaired) electrons. The van der Waals surface area contributed by atoms with Crippen molar-refractivity contribution in [3.63, 3.8) is 0 Å². The van der Waals surface area contributed by atoms with Crippen molar-refractivity contribution in [3.05, 3.63) is 12.7 Å². The summed E-state index contributed by atoms with van der Waals surface area (Å²) >= 11 is 0. The molecule has 0 bridgehead atoms. The van der Waals surface area contributed by atoms with Gasteiger partial charge in [0.1, 0.15) is 6.04 Å². The summed E-state index contributed by atoms with van der Waals surface area (Å²) in [6.45, 7) is 9.64. The Morgan fingerprint density at radius 3 is 2.60 bits per heavy atom. The third-order valence-electron chi connectivity index (χ3n) is 4.84. The zero-order valence-corrected chi connectivity index (χ0v) is 12.6. The van der Waals surface area contributed by atoms with Crippen LogP contribution in [0.2, 0.25) is 0 Å². The highest BCUT2D eigenvalue weighted by atomic mass is 16.4. The molecule has 4 unspecified atom stereocenters. The van der Waals surface area contributed by atoms with Gasteiger partial charge in [-0.2, -0.15) is 0 Å². The van der Waals surface area contributed by atoms with Gasteiger partial charge >= 0.3 is 5.97 Å². The SMILES string of the molecule is C=CCC(NC(=O)C1CCC(N)C(C)C1(C)C)C(=O)O. The molecule has 1 aliphatic carbocycles. The zero-order valence-electron chi connectivity index (χ0n) is 12.6. The number of hydrogen-bond donors (Lipinski definition) is 3. The first-order valence-electron chi connectivity index (χ1n) is 7.11. The van der Waals surface area contributed by atoms with Crippen LogP contribution in [0.5, 0.6) is 0 Å². The highest BCUT2D eigenvalue weighted by molar-refractivity contribution is 5.85. The quantitative estimate of drug-likeness (QED) is 0.667. The summed E-state index contributed by atoms with van der Waals surface area (Å²) in [5.74, 6) is -1.21. The molecule has 20 heavy (non-hydrogen) atoms. The van der Waals surface area contributed by atoms with Gasteiger partial charge in [0.05, 0.1) is 0 Å². The van der Waals surface area contributed by atoms with E-state index in [2.05, 4.69) is 18.8 Å². The van der Waals surface area contributed by atoms with E-state index in [1.165, 1.54) is 6.08 Å². The number of nitrogens with two attached hydrogens (primary N) is 1. The Morgan fingerprint density at radius 2 is 2.10 bits per heavy atom. The van der Waals surface area contributed by atoms with Gasteiger partial charge in [-0.05, 0) is 30.6 Å². The van der Waals surface area contributed by atoms with Crippen molar-refractivity contribution in [1.29, 1.82) is 0 Å². The smallest absolute Gasteiger partial charge is 0.326 e. The number of carbonyl (C=O) groups is 2. The maximum Gasteiger partial charge on any atom is 0.326 e. The van der Waals surface area contributed by atoms with Gasteiger partial charge in [-0.1, -0.05) is 26.8 Å². The molecule has 0 spiro atoms. The predicted octanol–water partition coefficient (Wildman–Crippen LogP) is 1.53. The second-order valence-corrected chi connectivity index (χ2v) is 6.33. The minimum absolute atomic E-state index is 0.0949. The van der Waals surface area contributed by atoms with Crippen LogP contribution in [0, 0.1) is 17.3 Å². The summed E-state index contributed by atoms with van der Waals surface area (Å²) in [4.78, 5) is 23.5. The summed E-state index contributed by atoms with van der Waals surface area (Å²) in [5, 5.41) is 11.7. The molecule has 114 valence electrons. The number of amides is 1. The van der Waals surface area contributed by atoms with E-state index in [-0.39, 0.29) is 35.6 Å². The molecule has 0 aromatic rings. The van der Waals surface area contributed by atoms with E-state index in [0.29, 0.717) is 6.42 Å². The van der Waals surface area contributed by atoms with E-state index in [1.807, 2.05) is 13.8 Å². The van der Waals surface area contributed by atoms with Crippen molar-refractivity contribution in [3.8, 4) is 0 Å². The Bertz CT molecular complexity index is 393. The van der Waals surface area contributed by atoms with Crippen LogP contribution in [0.15, 0.2) is 12.7 Å². The lowest BCUT2D eigenvalue weighted by atomic mass is 9.61. The molecule has 0 aliphatic heterocycles. The molecule has 1 aliphatic rings. The van der Waals surface area contributed by atoms with Gasteiger partial charge in [0.2, 0.25) is 5.91 Å². The van der Waals surface area contributed by atoms with E-state index < -0.39 is 12.0 Å². The second-order valence-electron chi connectivity index (χ2n) is 6.33. The maximum absolute atomic E-state index is 12.4. The van der Waals surface area contributed by atoms with Crippen LogP contribution in [-0.2, 0) is 9.59 Å². The summed E-state index contributed by atoms with van der Waals surface area (Å²) in [6, 6.07) is -0.806. The molecule has 5 nitrogen and oxygen atoms in total. The lowest BCUT2D eigenvalue weighted by Gasteiger charge is -2.46. The maximum atomic E-state index is 12.4. The molecule has 0 heterocycles. The van der Waals surface area contributed by atoms with Gasteiger partial charge in [-0.3, -0.25) is 4.79 Å². The van der Waals surface area contributed by atoms with Crippen molar-refractivity contribution < 1.29 is 14.7 Å². The fourth-order valence-electron chi connectivity index (χ4n) is 2.98. The number of rotatable bonds is 5. The molecular weight excluding hydrogens is 256 g/mol. The molecule has 5 heteroatoms. The Labute approximate surface area is 120 Å². The van der Waals surface area contributed by atoms with E-state index in [4.69, 9.17) is 10.8 Å². The minimum Gasteiger partial charge on any atom is -0.480 e. The fourth-order valence-corrected chi connectivity index (χ4v) is 2.98. The van der Waals surface area contributed by atoms with Gasteiger partial charge in [0.25, 0.3) is 0 Å². The first-order valence-corrected chi connectivity index (χ1v) is 7.11. The number of nitrogens with one attached hydrogen (secondary N) is 1. The predicted molar refractivity (Wildman–Crippen MR) is 78.0 cm³/mol. The molecule has 1 fully saturated rings. The Hall–Kier alpha value is -1.36. The van der Waals surface area contributed by atoms with E-state index in [9.17, 15) is 9.59 Å². The topological polar surface area (TPSA) is 92.4 Å². The Morgan fingerprint density at radius 1 is 1.50 bits per heavy atom. The molecule has 1 rings (SSSR count). The minimum atomic E-state index is -1.03. The molecule has 0 saturated heterocycles. The number of aliphatic carboxylic acids is 1. The Balaban J connectivity index is 2.80. The molecule has 1 amide bonds. The van der Waals surface area contributed by atoms with E-state index in [1.54, 1.807) is 0 Å². The number of carboxylic acids is 1. The number of carbonyl (C=O) groups excluding carboxylic acids is 1. The average Bonchev–Trinajstić information content (AvgIpc) is 2.35. The van der Waals surface area contributed by atoms with Gasteiger partial charge in [-0.15, -0.1) is 6.58 Å². The fraction of sp³-hybridized carbons (Fsp3) is 0.733. The summed E-state index contributed by atoms with van der Waals surface area (Å²) in [5.41, 5.74) is 5.84. The van der Waals surface area contributed by atoms with Crippen LogP contribution in [0.4, 0.5) is 0 Å². The standard InChI is InChI=1S/C15H26N2O3/c1-5-6-12(14(19)20)17-13(18)10-7-8-11(16)9(2)15(10,3)4/h5,9-12H,1,6-8,16H2,2-4H3,(H,17,18)(H,19,20). The summed E-state index contributed by atoms with van der Waals surface area (Å²) in [6.07, 6.45) is 3.22. The first-order chi connectivity index (χ1) is 9.21. The zero-order chi connectivity index (χ0) is 15.5. The molecule has 4 N–H and O–H groups in total. The molecule has 0 aromatic carbocycles. The monoisotopic (exact) mass is 282 g/mol. The van der Waals surface area contributed by atoms with Gasteiger partial charge in [0, 0.05) is 12.0 Å². The molecule has 0 aromatic heterocycles. The van der Waals surface area contributed by atoms with E-state index >= 15 is 0 Å². The second kappa shape index (κ2) is 6.39. The van der Waals surface area contributed by atoms with Crippen molar-refractivity contribution >= 4 is 11.9 Å². The summed E-state index contributed by atoms with van der Waals surface area (Å²) < 4.78 is 0. The number of carboxylic acid groups (broad SMARTS) is 1. The molecule has 4 atom stereocenters. The molecular formula is C15H26N2O3. The third-order valence-corrected chi connectivity index (χ3v) is 4.84. The van der Waals surface area contributed by atoms with Crippen LogP contribution >= 0.6 is 0 Å². The van der Waals surface area contributed by atoms with Gasteiger partial charge in [-0.25, -0.2) is 4.79 Å². The largest absolute Gasteiger partial charge is 0.480 e. The number of hydrogen-bond acceptors (Lipinski definition) is 3. The van der Waals surface area contributed by atoms with Crippen LogP contribution in [0.3, 0.4) is 0 Å². The van der Waals surface area contributed by atoms with Gasteiger partial charge in [0.15, 0.2) is 0 Å². The van der Waals surface area contributed by atoms with Crippen LogP contribution in [0.1, 0.15) is 40.0 Å². The van der Waals surface area contributed by atoms with Crippen molar-refractivity contribution in [1.82, 2.24) is 5.32 Å². The lowest BCUT2D eigenvalue weighted by molar-refractivity contribution is -0.144. The van der Waals surface area contributed by atoms with Crippen LogP contribution in [0.25, 0.3) is 0 Å². The Kier molecular flexibility index (Phi) is 5.34. The summed E-state index contributed by atoms with van der Waals surface area (Å²) in [7, 11) is 0. The average molecular weight is 282 g/mol. The van der Waals surface area contributed by atoms with Crippen molar-refractivity contribution in [2.45, 2.75) is 52.1 Å². The highest BCUT2D eigenvalue weighted by Crippen LogP contribution is 2.44. The third kappa shape index (κ3) is 3.39. The van der Waals surface area contributed by atoms with Crippen LogP contribution in [-0.4, -0.2) is 29.1 Å². The van der Waals surface area contributed by atoms with Gasteiger partial charge < -0.3 is 16.2 Å². The first kappa shape index (κ1) is 16.7. The lowest BCUT2D eigenvalue weighted by Crippen LogP contribution is -2.53. The van der Waals surface area contributed by atoms with E-state index in [0.717, 1.165) is 6.42 Å². The normalized spacial score (nSPS) is 30.3. The van der Waals surface area contributed by atoms with Crippen molar-refractivity contribution in [2.24, 2.45) is 23.0 Å². The van der Waals surface area contributed by atoms with Crippen molar-refractivity contribution in [2.75, 3.05) is 0 Å².